The summed E-state index contributed by atoms with van der Waals surface area (Å²) in [7, 11) is 3.49. The van der Waals surface area contributed by atoms with Gasteiger partial charge in [0.25, 0.3) is 11.7 Å². The molecule has 0 aliphatic carbocycles. The van der Waals surface area contributed by atoms with E-state index >= 15 is 0 Å². The summed E-state index contributed by atoms with van der Waals surface area (Å²) in [5.74, 6) is 0.00136. The molecule has 3 aromatic carbocycles. The van der Waals surface area contributed by atoms with Crippen LogP contribution in [0.1, 0.15) is 35.2 Å². The Morgan fingerprint density at radius 1 is 1.03 bits per heavy atom. The number of ether oxygens (including phenoxy) is 3. The minimum atomic E-state index is -0.888. The molecule has 1 N–H and O–H groups in total. The van der Waals surface area contributed by atoms with E-state index in [4.69, 9.17) is 14.2 Å². The number of likely N-dealkylation sites (N-methyl/N-ethyl adjacent to an activating group) is 1. The Kier molecular flexibility index (Phi) is 6.95. The molecule has 0 bridgehead atoms. The lowest BCUT2D eigenvalue weighted by molar-refractivity contribution is -0.132. The van der Waals surface area contributed by atoms with Crippen LogP contribution < -0.4 is 24.0 Å². The minimum absolute atomic E-state index is 0.00727. The maximum Gasteiger partial charge on any atom is 0.300 e. The van der Waals surface area contributed by atoms with Crippen LogP contribution in [0.4, 0.5) is 11.4 Å². The van der Waals surface area contributed by atoms with E-state index in [9.17, 15) is 14.7 Å². The van der Waals surface area contributed by atoms with Gasteiger partial charge in [-0.3, -0.25) is 14.5 Å². The van der Waals surface area contributed by atoms with Crippen molar-refractivity contribution in [1.29, 1.82) is 0 Å². The number of methoxy groups -OCH3 is 1. The number of anilines is 2. The van der Waals surface area contributed by atoms with Gasteiger partial charge in [0.2, 0.25) is 0 Å². The molecule has 2 heterocycles. The minimum Gasteiger partial charge on any atom is -0.507 e. The third kappa shape index (κ3) is 4.56. The summed E-state index contributed by atoms with van der Waals surface area (Å²) < 4.78 is 17.0. The molecule has 2 aliphatic heterocycles. The van der Waals surface area contributed by atoms with Crippen molar-refractivity contribution in [2.24, 2.45) is 0 Å². The molecule has 1 unspecified atom stereocenters. The number of aliphatic hydroxyl groups excluding tert-OH is 1. The molecule has 0 radical (unpaired) electrons. The van der Waals surface area contributed by atoms with Gasteiger partial charge in [-0.2, -0.15) is 0 Å². The zero-order valence-electron chi connectivity index (χ0n) is 22.8. The van der Waals surface area contributed by atoms with Crippen molar-refractivity contribution in [1.82, 2.24) is 0 Å². The number of rotatable bonds is 6. The van der Waals surface area contributed by atoms with E-state index in [-0.39, 0.29) is 11.3 Å². The molecule has 1 fully saturated rings. The van der Waals surface area contributed by atoms with Crippen LogP contribution in [0, 0.1) is 13.8 Å². The van der Waals surface area contributed by atoms with Crippen molar-refractivity contribution < 1.29 is 28.9 Å². The molecular formula is C31H32N2O6. The molecule has 0 spiro atoms. The highest BCUT2D eigenvalue weighted by Crippen LogP contribution is 2.45. The van der Waals surface area contributed by atoms with Crippen LogP contribution in [0.5, 0.6) is 17.2 Å². The number of hydrogen-bond donors (Lipinski definition) is 1. The fourth-order valence-electron chi connectivity index (χ4n) is 5.16. The molecule has 0 saturated carbocycles. The third-order valence-corrected chi connectivity index (χ3v) is 7.20. The maximum absolute atomic E-state index is 13.7. The second-order valence-corrected chi connectivity index (χ2v) is 9.75. The first-order chi connectivity index (χ1) is 18.7. The van der Waals surface area contributed by atoms with Crippen molar-refractivity contribution >= 4 is 28.8 Å². The number of benzene rings is 3. The smallest absolute Gasteiger partial charge is 0.300 e. The third-order valence-electron chi connectivity index (χ3n) is 7.20. The number of aliphatic hydroxyl groups is 1. The predicted molar refractivity (Wildman–Crippen MR) is 150 cm³/mol. The molecule has 8 nitrogen and oxygen atoms in total. The lowest BCUT2D eigenvalue weighted by atomic mass is 9.94. The predicted octanol–water partition coefficient (Wildman–Crippen LogP) is 5.17. The average molecular weight is 529 g/mol. The van der Waals surface area contributed by atoms with Crippen molar-refractivity contribution in [3.63, 3.8) is 0 Å². The zero-order valence-corrected chi connectivity index (χ0v) is 22.8. The monoisotopic (exact) mass is 528 g/mol. The summed E-state index contributed by atoms with van der Waals surface area (Å²) in [6.07, 6.45) is 0. The molecule has 202 valence electrons. The first kappa shape index (κ1) is 26.2. The summed E-state index contributed by atoms with van der Waals surface area (Å²) in [4.78, 5) is 30.8. The number of fused-ring (bicyclic) bond motifs is 1. The standard InChI is InChI=1S/C31H32N2O6/c1-6-38-26-17-20(9-12-25(26)37-5)28-27(29(34)21-10-11-24-23(16-21)32(4)13-14-39-24)30(35)31(36)33(28)22-15-18(2)7-8-19(22)3/h7-12,15-17,28,34H,6,13-14H2,1-5H3/b29-27+. The normalized spacial score (nSPS) is 18.1. The van der Waals surface area contributed by atoms with Gasteiger partial charge in [0.05, 0.1) is 37.6 Å². The Morgan fingerprint density at radius 3 is 2.56 bits per heavy atom. The molecule has 3 aromatic rings. The van der Waals surface area contributed by atoms with Crippen LogP contribution in [0.3, 0.4) is 0 Å². The number of amides is 1. The van der Waals surface area contributed by atoms with E-state index < -0.39 is 17.7 Å². The van der Waals surface area contributed by atoms with Gasteiger partial charge >= 0.3 is 0 Å². The average Bonchev–Trinajstić information content (AvgIpc) is 3.19. The quantitative estimate of drug-likeness (QED) is 0.268. The Balaban J connectivity index is 1.74. The Morgan fingerprint density at radius 2 is 1.82 bits per heavy atom. The summed E-state index contributed by atoms with van der Waals surface area (Å²) in [6.45, 7) is 7.35. The summed E-state index contributed by atoms with van der Waals surface area (Å²) in [6, 6.07) is 15.4. The number of carbonyl (C=O) groups excluding carboxylic acids is 2. The zero-order chi connectivity index (χ0) is 27.8. The molecule has 1 saturated heterocycles. The van der Waals surface area contributed by atoms with Gasteiger partial charge < -0.3 is 24.2 Å². The lowest BCUT2D eigenvalue weighted by Gasteiger charge is -2.29. The van der Waals surface area contributed by atoms with Gasteiger partial charge in [-0.15, -0.1) is 0 Å². The van der Waals surface area contributed by atoms with E-state index in [2.05, 4.69) is 0 Å². The number of hydrogen-bond acceptors (Lipinski definition) is 7. The van der Waals surface area contributed by atoms with Crippen LogP contribution in [0.2, 0.25) is 0 Å². The Bertz CT molecular complexity index is 1490. The molecule has 2 aliphatic rings. The van der Waals surface area contributed by atoms with Crippen molar-refractivity contribution in [2.75, 3.05) is 43.7 Å². The van der Waals surface area contributed by atoms with Gasteiger partial charge in [0, 0.05) is 18.3 Å². The second-order valence-electron chi connectivity index (χ2n) is 9.75. The molecule has 1 atom stereocenters. The number of nitrogens with zero attached hydrogens (tertiary/aromatic N) is 2. The van der Waals surface area contributed by atoms with Crippen molar-refractivity contribution in [3.05, 3.63) is 82.4 Å². The maximum atomic E-state index is 13.7. The number of carbonyl (C=O) groups is 2. The van der Waals surface area contributed by atoms with E-state index in [1.54, 1.807) is 43.5 Å². The molecular weight excluding hydrogens is 496 g/mol. The van der Waals surface area contributed by atoms with E-state index in [0.717, 1.165) is 16.8 Å². The van der Waals surface area contributed by atoms with Crippen LogP contribution in [-0.4, -0.2) is 50.7 Å². The molecule has 0 aromatic heterocycles. The van der Waals surface area contributed by atoms with Gasteiger partial charge in [0.1, 0.15) is 18.1 Å². The molecule has 5 rings (SSSR count). The van der Waals surface area contributed by atoms with Crippen LogP contribution in [-0.2, 0) is 9.59 Å². The first-order valence-electron chi connectivity index (χ1n) is 12.9. The van der Waals surface area contributed by atoms with E-state index in [0.29, 0.717) is 53.8 Å². The Labute approximate surface area is 228 Å². The highest BCUT2D eigenvalue weighted by molar-refractivity contribution is 6.51. The van der Waals surface area contributed by atoms with Gasteiger partial charge in [-0.05, 0) is 73.9 Å². The summed E-state index contributed by atoms with van der Waals surface area (Å²) in [5, 5.41) is 11.7. The lowest BCUT2D eigenvalue weighted by Crippen LogP contribution is -2.30. The van der Waals surface area contributed by atoms with Crippen LogP contribution >= 0.6 is 0 Å². The first-order valence-corrected chi connectivity index (χ1v) is 12.9. The number of Topliss-reactive ketones (excluding diaryl/α,β-unsaturated/α-hetero) is 1. The SMILES string of the molecule is CCOc1cc(C2/C(=C(\O)c3ccc4c(c3)N(C)CCO4)C(=O)C(=O)N2c2cc(C)ccc2C)ccc1OC. The van der Waals surface area contributed by atoms with Gasteiger partial charge in [0.15, 0.2) is 11.5 Å². The van der Waals surface area contributed by atoms with Crippen molar-refractivity contribution in [3.8, 4) is 17.2 Å². The highest BCUT2D eigenvalue weighted by Gasteiger charge is 2.47. The topological polar surface area (TPSA) is 88.5 Å². The number of ketones is 1. The molecule has 39 heavy (non-hydrogen) atoms. The number of aryl methyl sites for hydroxylation is 2. The van der Waals surface area contributed by atoms with Crippen molar-refractivity contribution in [2.45, 2.75) is 26.8 Å². The second kappa shape index (κ2) is 10.4. The largest absolute Gasteiger partial charge is 0.507 e. The van der Waals surface area contributed by atoms with Crippen LogP contribution in [0.15, 0.2) is 60.2 Å². The molecule has 1 amide bonds. The molecule has 8 heteroatoms. The summed E-state index contributed by atoms with van der Waals surface area (Å²) in [5.41, 5.74) is 4.22. The van der Waals surface area contributed by atoms with Gasteiger partial charge in [-0.25, -0.2) is 0 Å². The van der Waals surface area contributed by atoms with E-state index in [1.807, 2.05) is 50.9 Å². The van der Waals surface area contributed by atoms with Gasteiger partial charge in [-0.1, -0.05) is 18.2 Å². The van der Waals surface area contributed by atoms with E-state index in [1.165, 1.54) is 4.90 Å². The highest BCUT2D eigenvalue weighted by atomic mass is 16.5. The summed E-state index contributed by atoms with van der Waals surface area (Å²) >= 11 is 0. The fourth-order valence-corrected chi connectivity index (χ4v) is 5.16. The Hall–Kier alpha value is -4.46. The fraction of sp³-hybridized carbons (Fsp3) is 0.290. The van der Waals surface area contributed by atoms with Crippen LogP contribution in [0.25, 0.3) is 5.76 Å².